The molecule has 1 unspecified atom stereocenters. The van der Waals surface area contributed by atoms with Crippen LogP contribution in [0.5, 0.6) is 11.5 Å². The molecule has 0 fully saturated rings. The van der Waals surface area contributed by atoms with Crippen LogP contribution in [0.3, 0.4) is 0 Å². The Morgan fingerprint density at radius 2 is 1.46 bits per heavy atom. The van der Waals surface area contributed by atoms with Crippen LogP contribution in [0.25, 0.3) is 0 Å². The number of sulfonamides is 1. The lowest BCUT2D eigenvalue weighted by molar-refractivity contribution is -0.144. The molecule has 10 heteroatoms. The maximum atomic E-state index is 13.1. The third kappa shape index (κ3) is 5.93. The van der Waals surface area contributed by atoms with Crippen molar-refractivity contribution in [1.29, 1.82) is 0 Å². The molecule has 9 nitrogen and oxygen atoms in total. The average molecular weight is 521 g/mol. The average Bonchev–Trinajstić information content (AvgIpc) is 3.15. The fourth-order valence-electron chi connectivity index (χ4n) is 3.73. The molecule has 1 aliphatic heterocycles. The third-order valence-corrected chi connectivity index (χ3v) is 7.05. The van der Waals surface area contributed by atoms with Gasteiger partial charge in [0.2, 0.25) is 10.0 Å². The van der Waals surface area contributed by atoms with Crippen LogP contribution < -0.4 is 9.46 Å². The summed E-state index contributed by atoms with van der Waals surface area (Å²) < 4.78 is 39.2. The minimum absolute atomic E-state index is 0.102. The lowest BCUT2D eigenvalue weighted by Crippen LogP contribution is -2.44. The van der Waals surface area contributed by atoms with Gasteiger partial charge in [-0.25, -0.2) is 8.42 Å². The van der Waals surface area contributed by atoms with Crippen LogP contribution in [-0.4, -0.2) is 50.3 Å². The second kappa shape index (κ2) is 11.2. The van der Waals surface area contributed by atoms with Gasteiger partial charge in [-0.2, -0.15) is 4.72 Å². The summed E-state index contributed by atoms with van der Waals surface area (Å²) in [6.07, 6.45) is 1.16. The zero-order valence-corrected chi connectivity index (χ0v) is 20.5. The number of esters is 1. The highest BCUT2D eigenvalue weighted by Gasteiger charge is 2.36. The largest absolute Gasteiger partial charge is 0.460 e. The number of para-hydroxylation sites is 1. The van der Waals surface area contributed by atoms with Crippen molar-refractivity contribution in [2.45, 2.75) is 17.4 Å². The monoisotopic (exact) mass is 520 g/mol. The summed E-state index contributed by atoms with van der Waals surface area (Å²) >= 11 is 0. The molecule has 2 amide bonds. The number of hydrogen-bond donors (Lipinski definition) is 1. The van der Waals surface area contributed by atoms with Crippen molar-refractivity contribution < 1.29 is 32.3 Å². The van der Waals surface area contributed by atoms with E-state index < -0.39 is 33.8 Å². The molecule has 3 aromatic carbocycles. The van der Waals surface area contributed by atoms with E-state index in [-0.39, 0.29) is 35.6 Å². The normalized spacial score (nSPS) is 13.7. The summed E-state index contributed by atoms with van der Waals surface area (Å²) in [5.74, 6) is -0.845. The SMILES string of the molecule is C=CCOC(=O)C(CCN1C(=O)c2ccccc2C1=O)NS(=O)(=O)c1ccc(Oc2ccccc2)cc1. The van der Waals surface area contributed by atoms with Gasteiger partial charge >= 0.3 is 5.97 Å². The lowest BCUT2D eigenvalue weighted by atomic mass is 10.1. The second-order valence-corrected chi connectivity index (χ2v) is 9.79. The molecular weight excluding hydrogens is 496 g/mol. The van der Waals surface area contributed by atoms with Gasteiger partial charge in [0, 0.05) is 6.54 Å². The Labute approximate surface area is 214 Å². The number of fused-ring (bicyclic) bond motifs is 1. The molecule has 1 atom stereocenters. The van der Waals surface area contributed by atoms with Crippen molar-refractivity contribution in [2.75, 3.05) is 13.2 Å². The smallest absolute Gasteiger partial charge is 0.324 e. The summed E-state index contributed by atoms with van der Waals surface area (Å²) in [5, 5.41) is 0. The molecule has 190 valence electrons. The van der Waals surface area contributed by atoms with Gasteiger partial charge < -0.3 is 9.47 Å². The minimum atomic E-state index is -4.17. The number of hydrogen-bond acceptors (Lipinski definition) is 7. The molecule has 0 saturated heterocycles. The first-order valence-electron chi connectivity index (χ1n) is 11.4. The number of amides is 2. The molecule has 0 saturated carbocycles. The van der Waals surface area contributed by atoms with E-state index in [1.54, 1.807) is 36.4 Å². The molecule has 1 aliphatic rings. The maximum Gasteiger partial charge on any atom is 0.324 e. The fraction of sp³-hybridized carbons (Fsp3) is 0.148. The Hall–Kier alpha value is -4.28. The minimum Gasteiger partial charge on any atom is -0.460 e. The first-order chi connectivity index (χ1) is 17.8. The standard InChI is InChI=1S/C27H24N2O7S/c1-2-18-35-27(32)24(16-17-29-25(30)22-10-6-7-11-23(22)26(29)31)28-37(33,34)21-14-12-20(13-15-21)36-19-8-4-3-5-9-19/h2-15,24,28H,1,16-18H2. The number of carbonyl (C=O) groups is 3. The third-order valence-electron chi connectivity index (χ3n) is 5.56. The van der Waals surface area contributed by atoms with E-state index in [0.29, 0.717) is 11.5 Å². The molecule has 0 radical (unpaired) electrons. The highest BCUT2D eigenvalue weighted by molar-refractivity contribution is 7.89. The Kier molecular flexibility index (Phi) is 7.80. The van der Waals surface area contributed by atoms with Crippen LogP contribution in [-0.2, 0) is 19.6 Å². The van der Waals surface area contributed by atoms with Crippen LogP contribution in [0, 0.1) is 0 Å². The first kappa shape index (κ1) is 25.8. The van der Waals surface area contributed by atoms with E-state index in [9.17, 15) is 22.8 Å². The maximum absolute atomic E-state index is 13.1. The second-order valence-electron chi connectivity index (χ2n) is 8.08. The Balaban J connectivity index is 1.47. The quantitative estimate of drug-likeness (QED) is 0.233. The number of imide groups is 1. The molecule has 37 heavy (non-hydrogen) atoms. The molecule has 1 N–H and O–H groups in total. The van der Waals surface area contributed by atoms with Gasteiger partial charge in [-0.15, -0.1) is 0 Å². The molecule has 1 heterocycles. The predicted molar refractivity (Wildman–Crippen MR) is 135 cm³/mol. The summed E-state index contributed by atoms with van der Waals surface area (Å²) in [6, 6.07) is 19.7. The van der Waals surface area contributed by atoms with Gasteiger partial charge in [-0.3, -0.25) is 19.3 Å². The van der Waals surface area contributed by atoms with E-state index in [0.717, 1.165) is 4.90 Å². The van der Waals surface area contributed by atoms with Crippen molar-refractivity contribution in [1.82, 2.24) is 9.62 Å². The van der Waals surface area contributed by atoms with E-state index in [2.05, 4.69) is 11.3 Å². The Morgan fingerprint density at radius 1 is 0.892 bits per heavy atom. The van der Waals surface area contributed by atoms with E-state index >= 15 is 0 Å². The van der Waals surface area contributed by atoms with Crippen LogP contribution >= 0.6 is 0 Å². The van der Waals surface area contributed by atoms with Gasteiger partial charge in [0.15, 0.2) is 0 Å². The number of nitrogens with one attached hydrogen (secondary N) is 1. The summed E-state index contributed by atoms with van der Waals surface area (Å²) in [4.78, 5) is 38.8. The number of rotatable bonds is 11. The molecule has 0 bridgehead atoms. The van der Waals surface area contributed by atoms with Crippen LogP contribution in [0.4, 0.5) is 0 Å². The summed E-state index contributed by atoms with van der Waals surface area (Å²) in [7, 11) is -4.17. The fourth-order valence-corrected chi connectivity index (χ4v) is 4.95. The van der Waals surface area contributed by atoms with Crippen molar-refractivity contribution in [3.05, 3.63) is 103 Å². The van der Waals surface area contributed by atoms with Gasteiger partial charge in [0.1, 0.15) is 24.1 Å². The first-order valence-corrected chi connectivity index (χ1v) is 12.9. The zero-order chi connectivity index (χ0) is 26.4. The van der Waals surface area contributed by atoms with Crippen LogP contribution in [0.1, 0.15) is 27.1 Å². The van der Waals surface area contributed by atoms with E-state index in [4.69, 9.17) is 9.47 Å². The number of carbonyl (C=O) groups excluding carboxylic acids is 3. The molecular formula is C27H24N2O7S. The Bertz CT molecular complexity index is 1390. The van der Waals surface area contributed by atoms with Gasteiger partial charge in [0.05, 0.1) is 16.0 Å². The van der Waals surface area contributed by atoms with Crippen molar-refractivity contribution in [3.63, 3.8) is 0 Å². The van der Waals surface area contributed by atoms with Crippen LogP contribution in [0.2, 0.25) is 0 Å². The number of nitrogens with zero attached hydrogens (tertiary/aromatic N) is 1. The van der Waals surface area contributed by atoms with Crippen LogP contribution in [0.15, 0.2) is 96.4 Å². The number of benzene rings is 3. The van der Waals surface area contributed by atoms with Crippen molar-refractivity contribution in [3.8, 4) is 11.5 Å². The summed E-state index contributed by atoms with van der Waals surface area (Å²) in [6.45, 7) is 3.16. The van der Waals surface area contributed by atoms with Crippen molar-refractivity contribution >= 4 is 27.8 Å². The van der Waals surface area contributed by atoms with Gasteiger partial charge in [0.25, 0.3) is 11.8 Å². The van der Waals surface area contributed by atoms with E-state index in [1.807, 2.05) is 18.2 Å². The predicted octanol–water partition coefficient (Wildman–Crippen LogP) is 3.54. The van der Waals surface area contributed by atoms with Gasteiger partial charge in [-0.1, -0.05) is 43.0 Å². The Morgan fingerprint density at radius 3 is 2.05 bits per heavy atom. The lowest BCUT2D eigenvalue weighted by Gasteiger charge is -2.20. The molecule has 3 aromatic rings. The molecule has 0 aromatic heterocycles. The van der Waals surface area contributed by atoms with E-state index in [1.165, 1.54) is 30.3 Å². The highest BCUT2D eigenvalue weighted by atomic mass is 32.2. The molecule has 0 spiro atoms. The molecule has 0 aliphatic carbocycles. The highest BCUT2D eigenvalue weighted by Crippen LogP contribution is 2.24. The number of ether oxygens (including phenoxy) is 2. The van der Waals surface area contributed by atoms with Crippen molar-refractivity contribution in [2.24, 2.45) is 0 Å². The van der Waals surface area contributed by atoms with Gasteiger partial charge in [-0.05, 0) is 55.0 Å². The molecule has 4 rings (SSSR count). The topological polar surface area (TPSA) is 119 Å². The zero-order valence-electron chi connectivity index (χ0n) is 19.7. The summed E-state index contributed by atoms with van der Waals surface area (Å²) in [5.41, 5.74) is 0.522.